The number of ether oxygens (including phenoxy) is 1. The van der Waals surface area contributed by atoms with E-state index >= 15 is 0 Å². The second-order valence-electron chi connectivity index (χ2n) is 8.46. The van der Waals surface area contributed by atoms with Crippen molar-refractivity contribution in [3.05, 3.63) is 95.1 Å². The fourth-order valence-corrected chi connectivity index (χ4v) is 6.15. The number of fused-ring (bicyclic) bond motifs is 1. The fraction of sp³-hybridized carbons (Fsp3) is 0.259. The number of sulfonamides is 1. The molecule has 0 radical (unpaired) electrons. The molecule has 0 aromatic heterocycles. The second-order valence-corrected chi connectivity index (χ2v) is 10.3. The van der Waals surface area contributed by atoms with E-state index in [4.69, 9.17) is 4.74 Å². The van der Waals surface area contributed by atoms with Crippen LogP contribution in [0.4, 0.5) is 5.69 Å². The molecule has 3 aromatic carbocycles. The molecular weight excluding hydrogens is 450 g/mol. The summed E-state index contributed by atoms with van der Waals surface area (Å²) in [7, 11) is -4.07. The van der Waals surface area contributed by atoms with E-state index in [9.17, 15) is 18.0 Å². The van der Waals surface area contributed by atoms with Crippen molar-refractivity contribution in [2.24, 2.45) is 0 Å². The lowest BCUT2D eigenvalue weighted by Gasteiger charge is -2.29. The Labute approximate surface area is 200 Å². The summed E-state index contributed by atoms with van der Waals surface area (Å²) in [5.74, 6) is -1.63. The summed E-state index contributed by atoms with van der Waals surface area (Å²) in [6.07, 6.45) is -0.240. The van der Waals surface area contributed by atoms with Gasteiger partial charge in [-0.15, -0.1) is 0 Å². The number of hydrogen-bond acceptors (Lipinski definition) is 5. The van der Waals surface area contributed by atoms with E-state index in [1.54, 1.807) is 61.5 Å². The smallest absolute Gasteiger partial charge is 0.307 e. The first-order valence-corrected chi connectivity index (χ1v) is 12.6. The first-order chi connectivity index (χ1) is 16.2. The van der Waals surface area contributed by atoms with Gasteiger partial charge in [-0.25, -0.2) is 8.42 Å². The molecule has 1 aliphatic heterocycles. The number of carbonyl (C=O) groups is 2. The van der Waals surface area contributed by atoms with Gasteiger partial charge in [0.25, 0.3) is 10.0 Å². The SMILES string of the molecule is CCOC(=O)C[C@@H]1[C@@H](C(=O)c2ccccc2)c2cc(C)ccc2N1S(=O)(=O)c1ccc(C)cc1. The van der Waals surface area contributed by atoms with Crippen molar-refractivity contribution in [3.8, 4) is 0 Å². The number of Topliss-reactive ketones (excluding diaryl/α,β-unsaturated/α-hetero) is 1. The van der Waals surface area contributed by atoms with Crippen molar-refractivity contribution in [2.45, 2.75) is 44.0 Å². The van der Waals surface area contributed by atoms with Crippen molar-refractivity contribution in [1.29, 1.82) is 0 Å². The molecule has 4 rings (SSSR count). The zero-order valence-electron chi connectivity index (χ0n) is 19.4. The summed E-state index contributed by atoms with van der Waals surface area (Å²) in [4.78, 5) is 26.5. The predicted octanol–water partition coefficient (Wildman–Crippen LogP) is 4.80. The van der Waals surface area contributed by atoms with Gasteiger partial charge in [-0.05, 0) is 44.5 Å². The van der Waals surface area contributed by atoms with Crippen LogP contribution in [0.3, 0.4) is 0 Å². The van der Waals surface area contributed by atoms with Gasteiger partial charge in [-0.2, -0.15) is 0 Å². The lowest BCUT2D eigenvalue weighted by molar-refractivity contribution is -0.143. The summed E-state index contributed by atoms with van der Waals surface area (Å²) < 4.78 is 34.2. The molecule has 0 aliphatic carbocycles. The van der Waals surface area contributed by atoms with E-state index in [1.807, 2.05) is 32.0 Å². The zero-order valence-corrected chi connectivity index (χ0v) is 20.2. The van der Waals surface area contributed by atoms with Crippen molar-refractivity contribution < 1.29 is 22.7 Å². The molecule has 1 aliphatic rings. The third-order valence-electron chi connectivity index (χ3n) is 6.04. The summed E-state index contributed by atoms with van der Waals surface area (Å²) in [5, 5.41) is 0. The first-order valence-electron chi connectivity index (χ1n) is 11.2. The van der Waals surface area contributed by atoms with Gasteiger partial charge in [-0.3, -0.25) is 13.9 Å². The van der Waals surface area contributed by atoms with Gasteiger partial charge in [-0.1, -0.05) is 65.7 Å². The number of nitrogens with zero attached hydrogens (tertiary/aromatic N) is 1. The third kappa shape index (κ3) is 4.35. The number of aryl methyl sites for hydroxylation is 2. The van der Waals surface area contributed by atoms with E-state index in [-0.39, 0.29) is 23.7 Å². The van der Waals surface area contributed by atoms with Crippen LogP contribution in [0.2, 0.25) is 0 Å². The van der Waals surface area contributed by atoms with Crippen LogP contribution in [0, 0.1) is 13.8 Å². The highest BCUT2D eigenvalue weighted by Crippen LogP contribution is 2.47. The van der Waals surface area contributed by atoms with Gasteiger partial charge >= 0.3 is 5.97 Å². The highest BCUT2D eigenvalue weighted by atomic mass is 32.2. The standard InChI is InChI=1S/C27H27NO5S/c1-4-33-25(29)17-24-26(27(30)20-8-6-5-7-9-20)22-16-19(3)12-15-23(22)28(24)34(31,32)21-13-10-18(2)11-14-21/h5-16,24,26H,4,17H2,1-3H3/t24-,26+/m1/s1. The molecule has 0 saturated carbocycles. The number of benzene rings is 3. The van der Waals surface area contributed by atoms with Crippen LogP contribution >= 0.6 is 0 Å². The number of esters is 1. The molecule has 0 amide bonds. The van der Waals surface area contributed by atoms with Gasteiger partial charge in [0.05, 0.1) is 35.6 Å². The molecule has 3 aromatic rings. The average Bonchev–Trinajstić information content (AvgIpc) is 3.12. The van der Waals surface area contributed by atoms with Gasteiger partial charge in [0, 0.05) is 5.56 Å². The lowest BCUT2D eigenvalue weighted by Crippen LogP contribution is -2.42. The Morgan fingerprint density at radius 1 is 0.912 bits per heavy atom. The largest absolute Gasteiger partial charge is 0.466 e. The number of anilines is 1. The minimum atomic E-state index is -4.07. The Bertz CT molecular complexity index is 1320. The average molecular weight is 478 g/mol. The van der Waals surface area contributed by atoms with Crippen molar-refractivity contribution in [2.75, 3.05) is 10.9 Å². The van der Waals surface area contributed by atoms with Crippen LogP contribution in [-0.4, -0.2) is 32.8 Å². The van der Waals surface area contributed by atoms with E-state index in [2.05, 4.69) is 0 Å². The number of rotatable bonds is 7. The maximum atomic E-state index is 13.9. The molecule has 0 fully saturated rings. The quantitative estimate of drug-likeness (QED) is 0.361. The molecule has 1 heterocycles. The van der Waals surface area contributed by atoms with Crippen molar-refractivity contribution in [3.63, 3.8) is 0 Å². The number of hydrogen-bond donors (Lipinski definition) is 0. The first kappa shape index (κ1) is 23.7. The molecular formula is C27H27NO5S. The molecule has 0 N–H and O–H groups in total. The van der Waals surface area contributed by atoms with Crippen LogP contribution in [-0.2, 0) is 19.6 Å². The topological polar surface area (TPSA) is 80.8 Å². The van der Waals surface area contributed by atoms with Crippen molar-refractivity contribution in [1.82, 2.24) is 0 Å². The Balaban J connectivity index is 1.91. The summed E-state index contributed by atoms with van der Waals surface area (Å²) in [6.45, 7) is 5.63. The molecule has 176 valence electrons. The molecule has 6 nitrogen and oxygen atoms in total. The highest BCUT2D eigenvalue weighted by molar-refractivity contribution is 7.92. The predicted molar refractivity (Wildman–Crippen MR) is 131 cm³/mol. The van der Waals surface area contributed by atoms with Gasteiger partial charge in [0.15, 0.2) is 5.78 Å². The minimum Gasteiger partial charge on any atom is -0.466 e. The van der Waals surface area contributed by atoms with Gasteiger partial charge < -0.3 is 4.74 Å². The Morgan fingerprint density at radius 2 is 1.56 bits per heavy atom. The van der Waals surface area contributed by atoms with Gasteiger partial charge in [0.2, 0.25) is 0 Å². The molecule has 2 atom stereocenters. The van der Waals surface area contributed by atoms with Crippen LogP contribution in [0.1, 0.15) is 46.3 Å². The van der Waals surface area contributed by atoms with Crippen LogP contribution in [0.5, 0.6) is 0 Å². The van der Waals surface area contributed by atoms with E-state index in [0.717, 1.165) is 11.1 Å². The molecule has 7 heteroatoms. The van der Waals surface area contributed by atoms with E-state index in [0.29, 0.717) is 16.8 Å². The minimum absolute atomic E-state index is 0.103. The monoisotopic (exact) mass is 477 g/mol. The van der Waals surface area contributed by atoms with E-state index in [1.165, 1.54) is 4.31 Å². The van der Waals surface area contributed by atoms with Crippen LogP contribution in [0.15, 0.2) is 77.7 Å². The molecule has 0 spiro atoms. The number of carbonyl (C=O) groups excluding carboxylic acids is 2. The lowest BCUT2D eigenvalue weighted by atomic mass is 9.85. The summed E-state index contributed by atoms with van der Waals surface area (Å²) >= 11 is 0. The third-order valence-corrected chi connectivity index (χ3v) is 7.89. The fourth-order valence-electron chi connectivity index (χ4n) is 4.47. The normalized spacial score (nSPS) is 17.3. The second kappa shape index (κ2) is 9.43. The summed E-state index contributed by atoms with van der Waals surface area (Å²) in [5.41, 5.74) is 3.29. The Kier molecular flexibility index (Phi) is 6.57. The Hall–Kier alpha value is -3.45. The zero-order chi connectivity index (χ0) is 24.5. The molecule has 0 saturated heterocycles. The molecule has 0 unspecified atom stereocenters. The maximum Gasteiger partial charge on any atom is 0.307 e. The molecule has 0 bridgehead atoms. The summed E-state index contributed by atoms with van der Waals surface area (Å²) in [6, 6.07) is 19.7. The maximum absolute atomic E-state index is 13.9. The van der Waals surface area contributed by atoms with E-state index < -0.39 is 28.0 Å². The molecule has 34 heavy (non-hydrogen) atoms. The van der Waals surface area contributed by atoms with Gasteiger partial charge in [0.1, 0.15) is 0 Å². The number of ketones is 1. The van der Waals surface area contributed by atoms with Crippen molar-refractivity contribution >= 4 is 27.5 Å². The Morgan fingerprint density at radius 3 is 2.21 bits per heavy atom. The highest BCUT2D eigenvalue weighted by Gasteiger charge is 2.49. The van der Waals surface area contributed by atoms with Crippen LogP contribution in [0.25, 0.3) is 0 Å². The van der Waals surface area contributed by atoms with Crippen LogP contribution < -0.4 is 4.31 Å².